The second-order valence-corrected chi connectivity index (χ2v) is 2.48. The Labute approximate surface area is 70.4 Å². The maximum atomic E-state index is 12.4. The van der Waals surface area contributed by atoms with Gasteiger partial charge in [-0.05, 0) is 24.4 Å². The van der Waals surface area contributed by atoms with Crippen molar-refractivity contribution in [2.45, 2.75) is 0 Å². The Morgan fingerprint density at radius 1 is 1.36 bits per heavy atom. The van der Waals surface area contributed by atoms with Gasteiger partial charge in [-0.1, -0.05) is 18.2 Å². The van der Waals surface area contributed by atoms with E-state index in [1.165, 1.54) is 4.90 Å². The fourth-order valence-electron chi connectivity index (χ4n) is 0.753. The lowest BCUT2D eigenvalue weighted by atomic mass is 10.3. The molecule has 0 spiro atoms. The molecule has 0 atom stereocenters. The van der Waals surface area contributed by atoms with Crippen LogP contribution in [-0.4, -0.2) is 12.3 Å². The molecule has 0 aliphatic heterocycles. The molecule has 3 heteroatoms. The minimum absolute atomic E-state index is 0.615. The van der Waals surface area contributed by atoms with Gasteiger partial charge in [0.15, 0.2) is 0 Å². The zero-order chi connectivity index (χ0) is 8.27. The van der Waals surface area contributed by atoms with E-state index < -0.39 is 5.24 Å². The largest absolute Gasteiger partial charge is 0.312 e. The number of hydrogen-bond donors (Lipinski definition) is 0. The molecule has 0 saturated heterocycles. The number of benzene rings is 1. The average Bonchev–Trinajstić information content (AvgIpc) is 2.05. The topological polar surface area (TPSA) is 3.24 Å². The van der Waals surface area contributed by atoms with Crippen LogP contribution in [0.1, 0.15) is 0 Å². The summed E-state index contributed by atoms with van der Waals surface area (Å²) in [6.07, 6.45) is 0. The first kappa shape index (κ1) is 8.14. The third kappa shape index (κ3) is 1.98. The van der Waals surface area contributed by atoms with Crippen molar-refractivity contribution in [3.8, 4) is 0 Å². The molecule has 0 aliphatic carbocycles. The molecule has 1 rings (SSSR count). The minimum Gasteiger partial charge on any atom is -0.312 e. The second kappa shape index (κ2) is 3.44. The normalized spacial score (nSPS) is 9.27. The van der Waals surface area contributed by atoms with Gasteiger partial charge in [-0.3, -0.25) is 0 Å². The van der Waals surface area contributed by atoms with Crippen LogP contribution in [0.2, 0.25) is 0 Å². The number of halogens is 1. The highest BCUT2D eigenvalue weighted by Gasteiger charge is 2.02. The summed E-state index contributed by atoms with van der Waals surface area (Å²) in [7, 11) is 1.59. The van der Waals surface area contributed by atoms with E-state index in [1.807, 2.05) is 18.2 Å². The fraction of sp³-hybridized carbons (Fsp3) is 0.125. The van der Waals surface area contributed by atoms with E-state index >= 15 is 0 Å². The highest BCUT2D eigenvalue weighted by molar-refractivity contribution is 7.80. The molecular weight excluding hydrogens is 161 g/mol. The molecule has 0 heterocycles. The standard InChI is InChI=1S/C8H8FNS/c1-10(8(9)11)7-5-3-2-4-6-7/h2-6H,1H3. The number of rotatable bonds is 1. The van der Waals surface area contributed by atoms with Crippen LogP contribution >= 0.6 is 12.2 Å². The molecule has 0 unspecified atom stereocenters. The first-order valence-corrected chi connectivity index (χ1v) is 3.61. The lowest BCUT2D eigenvalue weighted by Crippen LogP contribution is -2.19. The van der Waals surface area contributed by atoms with Crippen LogP contribution in [0.3, 0.4) is 0 Å². The third-order valence-corrected chi connectivity index (χ3v) is 1.68. The first-order valence-electron chi connectivity index (χ1n) is 3.20. The summed E-state index contributed by atoms with van der Waals surface area (Å²) in [5, 5.41) is -0.615. The van der Waals surface area contributed by atoms with E-state index in [0.717, 1.165) is 5.69 Å². The smallest absolute Gasteiger partial charge is 0.259 e. The summed E-state index contributed by atoms with van der Waals surface area (Å²) in [6, 6.07) is 9.14. The number of thiocarbonyl (C=S) groups is 1. The minimum atomic E-state index is -0.615. The SMILES string of the molecule is CN(C(F)=S)c1ccccc1. The molecule has 0 aromatic heterocycles. The van der Waals surface area contributed by atoms with Crippen LogP contribution in [0, 0.1) is 0 Å². The summed E-state index contributed by atoms with van der Waals surface area (Å²) in [4.78, 5) is 1.31. The van der Waals surface area contributed by atoms with Crippen LogP contribution in [0.25, 0.3) is 0 Å². The molecule has 58 valence electrons. The summed E-state index contributed by atoms with van der Waals surface area (Å²) in [6.45, 7) is 0. The molecule has 0 N–H and O–H groups in total. The van der Waals surface area contributed by atoms with Gasteiger partial charge in [0.05, 0.1) is 0 Å². The van der Waals surface area contributed by atoms with E-state index in [2.05, 4.69) is 12.2 Å². The van der Waals surface area contributed by atoms with E-state index in [4.69, 9.17) is 0 Å². The predicted molar refractivity (Wildman–Crippen MR) is 48.6 cm³/mol. The van der Waals surface area contributed by atoms with Crippen molar-refractivity contribution >= 4 is 23.1 Å². The van der Waals surface area contributed by atoms with Gasteiger partial charge in [0, 0.05) is 12.7 Å². The van der Waals surface area contributed by atoms with Crippen LogP contribution in [0.15, 0.2) is 30.3 Å². The van der Waals surface area contributed by atoms with Crippen LogP contribution in [0.5, 0.6) is 0 Å². The molecule has 1 aromatic rings. The molecule has 0 bridgehead atoms. The van der Waals surface area contributed by atoms with Crippen LogP contribution in [-0.2, 0) is 0 Å². The van der Waals surface area contributed by atoms with Crippen molar-refractivity contribution in [1.82, 2.24) is 0 Å². The summed E-state index contributed by atoms with van der Waals surface area (Å²) in [5.41, 5.74) is 0.764. The molecule has 0 fully saturated rings. The Balaban J connectivity index is 2.85. The number of anilines is 1. The van der Waals surface area contributed by atoms with Gasteiger partial charge in [0.25, 0.3) is 5.24 Å². The Kier molecular flexibility index (Phi) is 2.54. The summed E-state index contributed by atoms with van der Waals surface area (Å²) >= 11 is 4.36. The molecule has 0 saturated carbocycles. The molecule has 0 radical (unpaired) electrons. The van der Waals surface area contributed by atoms with Crippen LogP contribution < -0.4 is 4.90 Å². The lowest BCUT2D eigenvalue weighted by Gasteiger charge is -2.13. The number of para-hydroxylation sites is 1. The van der Waals surface area contributed by atoms with Crippen molar-refractivity contribution in [2.75, 3.05) is 11.9 Å². The number of hydrogen-bond acceptors (Lipinski definition) is 1. The van der Waals surface area contributed by atoms with E-state index in [1.54, 1.807) is 19.2 Å². The van der Waals surface area contributed by atoms with Gasteiger partial charge < -0.3 is 4.90 Å². The first-order chi connectivity index (χ1) is 5.22. The van der Waals surface area contributed by atoms with Crippen molar-refractivity contribution in [1.29, 1.82) is 0 Å². The monoisotopic (exact) mass is 169 g/mol. The van der Waals surface area contributed by atoms with Gasteiger partial charge in [-0.25, -0.2) is 0 Å². The van der Waals surface area contributed by atoms with Gasteiger partial charge in [-0.2, -0.15) is 4.39 Å². The zero-order valence-corrected chi connectivity index (χ0v) is 6.94. The van der Waals surface area contributed by atoms with E-state index in [0.29, 0.717) is 0 Å². The van der Waals surface area contributed by atoms with Gasteiger partial charge in [0.2, 0.25) is 0 Å². The zero-order valence-electron chi connectivity index (χ0n) is 6.12. The molecular formula is C8H8FNS. The Morgan fingerprint density at radius 2 is 1.91 bits per heavy atom. The second-order valence-electron chi connectivity index (χ2n) is 2.15. The van der Waals surface area contributed by atoms with Crippen molar-refractivity contribution in [3.63, 3.8) is 0 Å². The summed E-state index contributed by atoms with van der Waals surface area (Å²) in [5.74, 6) is 0. The van der Waals surface area contributed by atoms with Gasteiger partial charge in [-0.15, -0.1) is 0 Å². The van der Waals surface area contributed by atoms with E-state index in [-0.39, 0.29) is 0 Å². The maximum absolute atomic E-state index is 12.4. The lowest BCUT2D eigenvalue weighted by molar-refractivity contribution is 0.801. The van der Waals surface area contributed by atoms with E-state index in [9.17, 15) is 4.39 Å². The molecule has 0 aliphatic rings. The van der Waals surface area contributed by atoms with Gasteiger partial charge >= 0.3 is 0 Å². The average molecular weight is 169 g/mol. The molecule has 0 amide bonds. The van der Waals surface area contributed by atoms with Crippen molar-refractivity contribution in [2.24, 2.45) is 0 Å². The van der Waals surface area contributed by atoms with Crippen molar-refractivity contribution < 1.29 is 4.39 Å². The predicted octanol–water partition coefficient (Wildman–Crippen LogP) is 2.38. The van der Waals surface area contributed by atoms with Crippen LogP contribution in [0.4, 0.5) is 10.1 Å². The third-order valence-electron chi connectivity index (χ3n) is 1.41. The van der Waals surface area contributed by atoms with Gasteiger partial charge in [0.1, 0.15) is 0 Å². The molecule has 1 aromatic carbocycles. The Bertz CT molecular complexity index is 248. The molecule has 11 heavy (non-hydrogen) atoms. The number of nitrogens with zero attached hydrogens (tertiary/aromatic N) is 1. The summed E-state index contributed by atoms with van der Waals surface area (Å²) < 4.78 is 12.4. The Morgan fingerprint density at radius 3 is 2.36 bits per heavy atom. The highest BCUT2D eigenvalue weighted by atomic mass is 32.1. The quantitative estimate of drug-likeness (QED) is 0.361. The van der Waals surface area contributed by atoms with Crippen molar-refractivity contribution in [3.05, 3.63) is 30.3 Å². The fourth-order valence-corrected chi connectivity index (χ4v) is 0.859. The maximum Gasteiger partial charge on any atom is 0.259 e. The highest BCUT2D eigenvalue weighted by Crippen LogP contribution is 2.11. The Hall–Kier alpha value is -0.960. The molecule has 1 nitrogen and oxygen atoms in total.